The number of ether oxygens (including phenoxy) is 5. The first kappa shape index (κ1) is 96.2. The predicted molar refractivity (Wildman–Crippen MR) is 498 cm³/mol. The fraction of sp³-hybridized carbons (Fsp3) is 0.595. The van der Waals surface area contributed by atoms with E-state index in [1.165, 1.54) is 23.5 Å². The van der Waals surface area contributed by atoms with Crippen LogP contribution in [0.5, 0.6) is 0 Å². The number of nitrogens with two attached hydrogens (primary N) is 3. The molecular weight excluding hydrogens is 1680 g/mol. The monoisotopic (exact) mass is 1810 g/mol. The van der Waals surface area contributed by atoms with Gasteiger partial charge in [0, 0.05) is 32.5 Å². The zero-order valence-corrected chi connectivity index (χ0v) is 77.1. The third kappa shape index (κ3) is 22.9. The second kappa shape index (κ2) is 39.9. The number of aliphatic hydroxyl groups excluding tert-OH is 10. The van der Waals surface area contributed by atoms with Gasteiger partial charge < -0.3 is 108 Å². The molecule has 678 valence electrons. The molecule has 5 aliphatic rings. The first-order valence-corrected chi connectivity index (χ1v) is 56.2. The molecule has 5 unspecified atom stereocenters. The molecule has 10 aromatic rings. The number of anilines is 6. The maximum atomic E-state index is 10.5. The Labute approximate surface area is 716 Å². The van der Waals surface area contributed by atoms with Crippen LogP contribution < -0.4 is 33.2 Å². The second-order valence-electron chi connectivity index (χ2n) is 35.3. The largest absolute Gasteiger partial charge is 0.397 e. The molecule has 20 atom stereocenters. The van der Waals surface area contributed by atoms with E-state index in [4.69, 9.17) is 40.9 Å². The summed E-state index contributed by atoms with van der Waals surface area (Å²) in [7, 11) is 1.82. The van der Waals surface area contributed by atoms with Crippen LogP contribution in [0.25, 0.3) is 55.8 Å². The number of pyridine rings is 2. The van der Waals surface area contributed by atoms with E-state index in [2.05, 4.69) is 186 Å². The van der Waals surface area contributed by atoms with Crippen LogP contribution in [-0.4, -0.2) is 379 Å². The summed E-state index contributed by atoms with van der Waals surface area (Å²) >= 11 is 0. The first-order valence-electron chi connectivity index (χ1n) is 40.9. The zero-order valence-electron chi connectivity index (χ0n) is 72.6. The number of aromatic nitrogens is 18. The van der Waals surface area contributed by atoms with Gasteiger partial charge >= 0.3 is 0 Å². The molecular formula is C79H127N24O15P5. The van der Waals surface area contributed by atoms with Crippen molar-refractivity contribution in [3.8, 4) is 0 Å². The molecule has 0 spiro atoms. The third-order valence-corrected chi connectivity index (χ3v) is 29.0. The van der Waals surface area contributed by atoms with Crippen LogP contribution in [0.3, 0.4) is 0 Å². The maximum Gasteiger partial charge on any atom is 0.204 e. The lowest BCUT2D eigenvalue weighted by molar-refractivity contribution is -0.0353. The highest BCUT2D eigenvalue weighted by molar-refractivity contribution is 7.73. The number of rotatable bonds is 26. The molecule has 0 radical (unpaired) electrons. The Morgan fingerprint density at radius 2 is 0.732 bits per heavy atom. The zero-order chi connectivity index (χ0) is 89.9. The maximum absolute atomic E-state index is 10.5. The van der Waals surface area contributed by atoms with Crippen LogP contribution in [0.4, 0.5) is 34.8 Å². The van der Waals surface area contributed by atoms with Crippen molar-refractivity contribution in [2.75, 3.05) is 151 Å². The summed E-state index contributed by atoms with van der Waals surface area (Å²) in [4.78, 5) is 55.5. The van der Waals surface area contributed by atoms with Crippen LogP contribution in [0.15, 0.2) is 62.5 Å². The van der Waals surface area contributed by atoms with E-state index in [9.17, 15) is 51.1 Å². The Bertz CT molecular complexity index is 5510. The minimum Gasteiger partial charge on any atom is -0.397 e. The molecule has 5 fully saturated rings. The van der Waals surface area contributed by atoms with E-state index in [1.54, 1.807) is 62.6 Å². The standard InChI is InChI=1S/C17H28N5O3P.C16H26N5O3P.C16H25N4O3P.2C15H24N5O3P/c1-5-7-18-15-12-16(20-9-19-15)22(10-21-12)17-14(24)13(23)11(25-17)6-8-26(2,3)4;1-5-17-14-11-15(19-8-18-14)21(9-20-11)16-13(23)12(22)10(24-16)6-7-25(2,3)4;1-17-10-5-7-18-15-12(10)19-9-20(15)16-14(22)13(21)11(23-16)6-8-24(2,3)4;1-8-18-13(16)10-14(19-8)20(7-17-10)15-12(22)11(21)9(23-15)5-6-24(2,3)4;1-24(2,3)7-5-9-11(21)12(22)14(23-9)20-13-10(19-15(20)17)8(16)4-6-18-13/h9-11,13-14,17,23-24H,2,5-8H2,1,3-4H3,(H,18,19,20);8-10,12-13,16,22-23H,2,5-7H2,1,3-4H3,(H,17,18,19);5,7,9,11,13-14,16,21-22H,2,6,8H2,1,3-4H3,(H,17,18);7,9,11-12,15,21-22H,2,5-6H2,1,3-4H3,(H2,16,18,19);4,6,9,11-12,14,21-22H,1,5,7H2,2-3H3,(H2,16,18)(H2,17,19)/t11-,13-,14-,17?;10-,12-,13-,16?;11-,13-,14-,16?;9-,11-,12-,15?;9-,11-,12-,14?/m11111/s1. The van der Waals surface area contributed by atoms with Crippen LogP contribution in [-0.2, 0) is 23.7 Å². The molecule has 44 heteroatoms. The van der Waals surface area contributed by atoms with Crippen LogP contribution in [0, 0.1) is 6.92 Å². The number of hydrogen-bond acceptors (Lipinski definition) is 34. The summed E-state index contributed by atoms with van der Waals surface area (Å²) in [5.41, 5.74) is 24.6. The van der Waals surface area contributed by atoms with Crippen molar-refractivity contribution >= 4 is 157 Å². The SMILES string of the molecule is C=P(C)(C)CC[C@H]1OC(n2c(N)nc3c(N)ccnc32)[C@H](O)[C@@H]1O.C=P(C)(C)CC[C@H]1OC(n2cnc3c(N)nc(C)nc32)[C@H](O)[C@@H]1O.C=P(C)(C)CC[C@H]1OC(n2cnc3c(NC)ccnc32)[C@H](O)[C@@H]1O.C=P(C)(C)CC[C@H]1OC(n2cnc3c(NCC)ncnc32)[C@H](O)[C@@H]1O.C=P(C)(C)CC[C@H]1OC(n2cnc3c(NCCC)ncnc32)[C@H](O)[C@@H]1O. The smallest absolute Gasteiger partial charge is 0.204 e. The molecule has 0 aliphatic carbocycles. The van der Waals surface area contributed by atoms with Crippen LogP contribution in [0.1, 0.15) is 89.3 Å². The Kier molecular flexibility index (Phi) is 31.2. The Balaban J connectivity index is 0.000000150. The highest BCUT2D eigenvalue weighted by Gasteiger charge is 2.49. The van der Waals surface area contributed by atoms with Gasteiger partial charge in [-0.15, -0.1) is 65.9 Å². The number of aliphatic hydroxyl groups is 10. The van der Waals surface area contributed by atoms with E-state index in [0.29, 0.717) is 118 Å². The number of imidazole rings is 5. The second-order valence-corrected chi connectivity index (χ2v) is 56.9. The number of nitrogens with zero attached hydrogens (tertiary/aromatic N) is 18. The highest BCUT2D eigenvalue weighted by atomic mass is 31.2. The molecule has 0 saturated carbocycles. The minimum atomic E-state index is -1.24. The van der Waals surface area contributed by atoms with E-state index >= 15 is 0 Å². The fourth-order valence-corrected chi connectivity index (χ4v) is 19.7. The third-order valence-electron chi connectivity index (χ3n) is 21.7. The summed E-state index contributed by atoms with van der Waals surface area (Å²) < 4.78 is 37.9. The normalized spacial score (nSPS) is 27.4. The molecule has 15 heterocycles. The number of fused-ring (bicyclic) bond motifs is 5. The van der Waals surface area contributed by atoms with Gasteiger partial charge in [0.2, 0.25) is 5.95 Å². The van der Waals surface area contributed by atoms with Crippen LogP contribution >= 0.6 is 34.4 Å². The van der Waals surface area contributed by atoms with Gasteiger partial charge in [0.25, 0.3) is 0 Å². The lowest BCUT2D eigenvalue weighted by atomic mass is 10.1. The average Bonchev–Trinajstić information content (AvgIpc) is 1.66. The summed E-state index contributed by atoms with van der Waals surface area (Å²) in [6.07, 6.45) is 26.0. The first-order chi connectivity index (χ1) is 57.8. The topological polar surface area (TPSA) is 555 Å². The Morgan fingerprint density at radius 1 is 0.390 bits per heavy atom. The lowest BCUT2D eigenvalue weighted by Gasteiger charge is -2.19. The summed E-state index contributed by atoms with van der Waals surface area (Å²) in [5, 5.41) is 114. The quantitative estimate of drug-likeness (QED) is 0.0336. The fourth-order valence-electron chi connectivity index (χ4n) is 14.9. The molecule has 19 N–H and O–H groups in total. The van der Waals surface area contributed by atoms with Gasteiger partial charge in [0.05, 0.1) is 67.2 Å². The van der Waals surface area contributed by atoms with Gasteiger partial charge in [-0.05, 0) is 162 Å². The van der Waals surface area contributed by atoms with Crippen molar-refractivity contribution < 1.29 is 74.7 Å². The Morgan fingerprint density at radius 3 is 1.11 bits per heavy atom. The summed E-state index contributed by atoms with van der Waals surface area (Å²) in [6, 6.07) is 3.46. The number of nitrogen functional groups attached to an aromatic ring is 3. The van der Waals surface area contributed by atoms with Crippen molar-refractivity contribution in [3.05, 3.63) is 68.3 Å². The average molecular weight is 1810 g/mol. The number of nitrogens with one attached hydrogen (secondary N) is 3. The van der Waals surface area contributed by atoms with Crippen molar-refractivity contribution in [2.24, 2.45) is 0 Å². The van der Waals surface area contributed by atoms with Crippen molar-refractivity contribution in [2.45, 2.75) is 182 Å². The van der Waals surface area contributed by atoms with Gasteiger partial charge in [-0.25, -0.2) is 64.8 Å². The van der Waals surface area contributed by atoms with E-state index in [0.717, 1.165) is 49.5 Å². The molecule has 5 saturated heterocycles. The Hall–Kier alpha value is -7.41. The van der Waals surface area contributed by atoms with Gasteiger partial charge in [0.15, 0.2) is 87.9 Å². The molecule has 0 bridgehead atoms. The molecule has 0 amide bonds. The number of hydrogen-bond donors (Lipinski definition) is 16. The predicted octanol–water partition coefficient (Wildman–Crippen LogP) is 4.28. The summed E-state index contributed by atoms with van der Waals surface area (Å²) in [6.45, 7) is 22.5. The van der Waals surface area contributed by atoms with Gasteiger partial charge in [-0.1, -0.05) is 6.92 Å². The number of aryl methyl sites for hydroxylation is 1. The van der Waals surface area contributed by atoms with Crippen LogP contribution in [0.2, 0.25) is 0 Å². The molecule has 0 aromatic carbocycles. The van der Waals surface area contributed by atoms with Gasteiger partial charge in [0.1, 0.15) is 96.1 Å². The van der Waals surface area contributed by atoms with Crippen molar-refractivity contribution in [1.82, 2.24) is 87.6 Å². The molecule has 5 aliphatic heterocycles. The van der Waals surface area contributed by atoms with E-state index < -0.39 is 157 Å². The van der Waals surface area contributed by atoms with E-state index in [-0.39, 0.29) is 11.8 Å². The van der Waals surface area contributed by atoms with Crippen molar-refractivity contribution in [1.29, 1.82) is 0 Å². The van der Waals surface area contributed by atoms with Crippen molar-refractivity contribution in [3.63, 3.8) is 0 Å². The van der Waals surface area contributed by atoms with Gasteiger partial charge in [-0.3, -0.25) is 22.8 Å². The lowest BCUT2D eigenvalue weighted by Crippen LogP contribution is -2.32. The summed E-state index contributed by atoms with van der Waals surface area (Å²) in [5.74, 6) is 2.22. The van der Waals surface area contributed by atoms with Gasteiger partial charge in [-0.2, -0.15) is 0 Å². The molecule has 10 aromatic heterocycles. The highest BCUT2D eigenvalue weighted by Crippen LogP contribution is 2.46. The molecule has 15 rings (SSSR count). The minimum absolute atomic E-state index is 0.136. The molecule has 123 heavy (non-hydrogen) atoms. The molecule has 39 nitrogen and oxygen atoms in total. The van der Waals surface area contributed by atoms with E-state index in [1.807, 2.05) is 20.0 Å².